The predicted molar refractivity (Wildman–Crippen MR) is 72.9 cm³/mol. The Labute approximate surface area is 112 Å². The van der Waals surface area contributed by atoms with Crippen molar-refractivity contribution >= 4 is 23.8 Å². The maximum atomic E-state index is 11.9. The number of rotatable bonds is 5. The van der Waals surface area contributed by atoms with E-state index >= 15 is 0 Å². The van der Waals surface area contributed by atoms with Gasteiger partial charge < -0.3 is 15.3 Å². The van der Waals surface area contributed by atoms with Crippen LogP contribution in [-0.2, 0) is 4.79 Å². The second kappa shape index (κ2) is 7.51. The fourth-order valence-corrected chi connectivity index (χ4v) is 2.55. The van der Waals surface area contributed by atoms with Gasteiger partial charge in [0.25, 0.3) is 0 Å². The van der Waals surface area contributed by atoms with E-state index in [1.807, 2.05) is 6.26 Å². The number of nitrogens with zero attached hydrogens (tertiary/aromatic N) is 1. The third kappa shape index (κ3) is 4.08. The molecule has 2 amide bonds. The molecule has 1 saturated heterocycles. The number of aliphatic carboxylic acids is 1. The maximum absolute atomic E-state index is 11.9. The predicted octanol–water partition coefficient (Wildman–Crippen LogP) is 1.63. The third-order valence-electron chi connectivity index (χ3n) is 3.42. The summed E-state index contributed by atoms with van der Waals surface area (Å²) in [5.41, 5.74) is 0. The zero-order valence-corrected chi connectivity index (χ0v) is 11.8. The third-order valence-corrected chi connectivity index (χ3v) is 4.03. The minimum atomic E-state index is -0.895. The van der Waals surface area contributed by atoms with Crippen molar-refractivity contribution in [2.45, 2.75) is 32.2 Å². The number of carboxylic acids is 1. The van der Waals surface area contributed by atoms with Gasteiger partial charge in [-0.15, -0.1) is 0 Å². The standard InChI is InChI=1S/C12H22N2O3S/c1-3-9-4-6-14(10(8-9)11(15)16)12(17)13-5-7-18-2/h9-10H,3-8H2,1-2H3,(H,13,17)(H,15,16). The molecule has 0 aromatic heterocycles. The van der Waals surface area contributed by atoms with E-state index in [0.29, 0.717) is 25.4 Å². The Kier molecular flexibility index (Phi) is 6.32. The monoisotopic (exact) mass is 274 g/mol. The molecule has 0 saturated carbocycles. The minimum absolute atomic E-state index is 0.244. The number of nitrogens with one attached hydrogen (secondary N) is 1. The Morgan fingerprint density at radius 3 is 2.78 bits per heavy atom. The van der Waals surface area contributed by atoms with Crippen LogP contribution in [0.4, 0.5) is 4.79 Å². The minimum Gasteiger partial charge on any atom is -0.480 e. The summed E-state index contributed by atoms with van der Waals surface area (Å²) in [6, 6.07) is -0.913. The van der Waals surface area contributed by atoms with Gasteiger partial charge in [0.05, 0.1) is 0 Å². The molecule has 0 radical (unpaired) electrons. The van der Waals surface area contributed by atoms with Crippen LogP contribution >= 0.6 is 11.8 Å². The van der Waals surface area contributed by atoms with Crippen LogP contribution in [0, 0.1) is 5.92 Å². The number of piperidine rings is 1. The molecule has 1 aliphatic heterocycles. The molecular weight excluding hydrogens is 252 g/mol. The fourth-order valence-electron chi connectivity index (χ4n) is 2.25. The number of urea groups is 1. The molecule has 0 aromatic rings. The van der Waals surface area contributed by atoms with Gasteiger partial charge in [-0.3, -0.25) is 0 Å². The molecule has 1 aliphatic rings. The van der Waals surface area contributed by atoms with Crippen LogP contribution in [0.5, 0.6) is 0 Å². The second-order valence-corrected chi connectivity index (χ2v) is 5.56. The molecule has 0 spiro atoms. The smallest absolute Gasteiger partial charge is 0.326 e. The van der Waals surface area contributed by atoms with Crippen molar-refractivity contribution in [2.24, 2.45) is 5.92 Å². The highest BCUT2D eigenvalue weighted by atomic mass is 32.2. The van der Waals surface area contributed by atoms with E-state index in [0.717, 1.165) is 18.6 Å². The van der Waals surface area contributed by atoms with Gasteiger partial charge in [-0.2, -0.15) is 11.8 Å². The fraction of sp³-hybridized carbons (Fsp3) is 0.833. The Morgan fingerprint density at radius 2 is 2.22 bits per heavy atom. The molecule has 0 bridgehead atoms. The van der Waals surface area contributed by atoms with Crippen LogP contribution in [0.25, 0.3) is 0 Å². The van der Waals surface area contributed by atoms with Gasteiger partial charge in [0.15, 0.2) is 0 Å². The largest absolute Gasteiger partial charge is 0.480 e. The molecule has 2 unspecified atom stereocenters. The van der Waals surface area contributed by atoms with Crippen LogP contribution in [0.15, 0.2) is 0 Å². The summed E-state index contributed by atoms with van der Waals surface area (Å²) in [5.74, 6) is 0.365. The van der Waals surface area contributed by atoms with E-state index in [4.69, 9.17) is 0 Å². The number of hydrogen-bond donors (Lipinski definition) is 2. The van der Waals surface area contributed by atoms with Gasteiger partial charge in [0.1, 0.15) is 6.04 Å². The average Bonchev–Trinajstić information content (AvgIpc) is 2.38. The molecule has 1 fully saturated rings. The van der Waals surface area contributed by atoms with Crippen LogP contribution in [0.2, 0.25) is 0 Å². The van der Waals surface area contributed by atoms with Crippen molar-refractivity contribution in [3.05, 3.63) is 0 Å². The van der Waals surface area contributed by atoms with Crippen molar-refractivity contribution in [1.29, 1.82) is 0 Å². The van der Waals surface area contributed by atoms with E-state index in [1.54, 1.807) is 11.8 Å². The van der Waals surface area contributed by atoms with Crippen LogP contribution < -0.4 is 5.32 Å². The van der Waals surface area contributed by atoms with Gasteiger partial charge in [-0.25, -0.2) is 9.59 Å². The summed E-state index contributed by atoms with van der Waals surface area (Å²) in [6.45, 7) is 3.19. The van der Waals surface area contributed by atoms with Crippen molar-refractivity contribution in [1.82, 2.24) is 10.2 Å². The van der Waals surface area contributed by atoms with Crippen LogP contribution in [-0.4, -0.2) is 53.1 Å². The summed E-state index contributed by atoms with van der Waals surface area (Å²) in [6.07, 6.45) is 4.42. The van der Waals surface area contributed by atoms with E-state index in [1.165, 1.54) is 4.90 Å². The van der Waals surface area contributed by atoms with E-state index in [2.05, 4.69) is 12.2 Å². The van der Waals surface area contributed by atoms with Crippen molar-refractivity contribution in [3.63, 3.8) is 0 Å². The van der Waals surface area contributed by atoms with Gasteiger partial charge in [-0.05, 0) is 25.0 Å². The number of amides is 2. The lowest BCUT2D eigenvalue weighted by Crippen LogP contribution is -2.53. The molecule has 104 valence electrons. The lowest BCUT2D eigenvalue weighted by atomic mass is 9.89. The first-order valence-electron chi connectivity index (χ1n) is 6.36. The lowest BCUT2D eigenvalue weighted by Gasteiger charge is -2.36. The molecule has 5 nitrogen and oxygen atoms in total. The molecule has 2 atom stereocenters. The van der Waals surface area contributed by atoms with E-state index in [-0.39, 0.29) is 6.03 Å². The normalized spacial score (nSPS) is 23.8. The van der Waals surface area contributed by atoms with Gasteiger partial charge >= 0.3 is 12.0 Å². The summed E-state index contributed by atoms with van der Waals surface area (Å²) < 4.78 is 0. The first kappa shape index (κ1) is 15.1. The second-order valence-electron chi connectivity index (χ2n) is 4.57. The topological polar surface area (TPSA) is 69.6 Å². The summed E-state index contributed by atoms with van der Waals surface area (Å²) >= 11 is 1.65. The van der Waals surface area contributed by atoms with Gasteiger partial charge in [0, 0.05) is 18.8 Å². The Balaban J connectivity index is 2.56. The summed E-state index contributed by atoms with van der Waals surface area (Å²) in [5, 5.41) is 12.0. The number of likely N-dealkylation sites (tertiary alicyclic amines) is 1. The Morgan fingerprint density at radius 1 is 1.50 bits per heavy atom. The Bertz CT molecular complexity index is 299. The molecule has 0 aromatic carbocycles. The number of carbonyl (C=O) groups excluding carboxylic acids is 1. The average molecular weight is 274 g/mol. The molecular formula is C12H22N2O3S. The highest BCUT2D eigenvalue weighted by Gasteiger charge is 2.35. The van der Waals surface area contributed by atoms with E-state index in [9.17, 15) is 14.7 Å². The first-order valence-corrected chi connectivity index (χ1v) is 7.75. The molecule has 0 aliphatic carbocycles. The summed E-state index contributed by atoms with van der Waals surface area (Å²) in [7, 11) is 0. The SMILES string of the molecule is CCC1CCN(C(=O)NCCSC)C(C(=O)O)C1. The first-order chi connectivity index (χ1) is 8.60. The Hall–Kier alpha value is -0.910. The lowest BCUT2D eigenvalue weighted by molar-refractivity contribution is -0.144. The molecule has 1 rings (SSSR count). The van der Waals surface area contributed by atoms with Gasteiger partial charge in [0.2, 0.25) is 0 Å². The molecule has 1 heterocycles. The number of thioether (sulfide) groups is 1. The number of hydrogen-bond acceptors (Lipinski definition) is 3. The van der Waals surface area contributed by atoms with Crippen molar-refractivity contribution in [3.8, 4) is 0 Å². The van der Waals surface area contributed by atoms with Crippen LogP contribution in [0.3, 0.4) is 0 Å². The molecule has 18 heavy (non-hydrogen) atoms. The zero-order chi connectivity index (χ0) is 13.5. The van der Waals surface area contributed by atoms with Crippen molar-refractivity contribution < 1.29 is 14.7 Å². The van der Waals surface area contributed by atoms with E-state index < -0.39 is 12.0 Å². The highest BCUT2D eigenvalue weighted by Crippen LogP contribution is 2.25. The molecule has 2 N–H and O–H groups in total. The van der Waals surface area contributed by atoms with Crippen LogP contribution in [0.1, 0.15) is 26.2 Å². The maximum Gasteiger partial charge on any atom is 0.326 e. The highest BCUT2D eigenvalue weighted by molar-refractivity contribution is 7.98. The number of carbonyl (C=O) groups is 2. The summed E-state index contributed by atoms with van der Waals surface area (Å²) in [4.78, 5) is 24.6. The molecule has 6 heteroatoms. The van der Waals surface area contributed by atoms with Crippen molar-refractivity contribution in [2.75, 3.05) is 25.1 Å². The van der Waals surface area contributed by atoms with Gasteiger partial charge in [-0.1, -0.05) is 13.3 Å². The zero-order valence-electron chi connectivity index (χ0n) is 11.0. The quantitative estimate of drug-likeness (QED) is 0.748. The number of carboxylic acid groups (broad SMARTS) is 1.